The van der Waals surface area contributed by atoms with E-state index in [0.717, 1.165) is 6.07 Å². The maximum absolute atomic E-state index is 14.3. The largest absolute Gasteiger partial charge is 0.465 e. The molecule has 0 radical (unpaired) electrons. The third-order valence-electron chi connectivity index (χ3n) is 3.84. The van der Waals surface area contributed by atoms with Crippen molar-refractivity contribution in [3.05, 3.63) is 48.1 Å². The van der Waals surface area contributed by atoms with Gasteiger partial charge in [-0.2, -0.15) is 5.10 Å². The van der Waals surface area contributed by atoms with Crippen molar-refractivity contribution < 1.29 is 23.4 Å². The Morgan fingerprint density at radius 3 is 2.84 bits per heavy atom. The standard InChI is InChI=1S/C16H20F2N4O3/c1-3-25-15(23)7-20-11(2)16(24,8-22-10-19-9-21-22)13-5-4-12(17)6-14(13)18/h4-6,9-11,20,24H,3,7-8H2,1-2H3/t11-,16-/m1/s1. The van der Waals surface area contributed by atoms with Crippen LogP contribution in [0.15, 0.2) is 30.9 Å². The van der Waals surface area contributed by atoms with Gasteiger partial charge in [0.15, 0.2) is 0 Å². The predicted octanol–water partition coefficient (Wildman–Crippen LogP) is 0.985. The van der Waals surface area contributed by atoms with Crippen molar-refractivity contribution in [2.45, 2.75) is 32.0 Å². The van der Waals surface area contributed by atoms with E-state index >= 15 is 0 Å². The minimum atomic E-state index is -1.81. The molecule has 0 saturated heterocycles. The molecule has 0 fully saturated rings. The zero-order valence-corrected chi connectivity index (χ0v) is 13.9. The smallest absolute Gasteiger partial charge is 0.319 e. The van der Waals surface area contributed by atoms with E-state index in [1.54, 1.807) is 13.8 Å². The van der Waals surface area contributed by atoms with Gasteiger partial charge >= 0.3 is 5.97 Å². The quantitative estimate of drug-likeness (QED) is 0.687. The Bertz CT molecular complexity index is 711. The molecular formula is C16H20F2N4O3. The third kappa shape index (κ3) is 4.58. The number of aromatic nitrogens is 3. The fraction of sp³-hybridized carbons (Fsp3) is 0.438. The fourth-order valence-electron chi connectivity index (χ4n) is 2.47. The molecule has 25 heavy (non-hydrogen) atoms. The van der Waals surface area contributed by atoms with Crippen molar-refractivity contribution in [3.63, 3.8) is 0 Å². The number of carbonyl (C=O) groups excluding carboxylic acids is 1. The zero-order chi connectivity index (χ0) is 18.4. The first-order valence-corrected chi connectivity index (χ1v) is 7.76. The molecule has 1 aromatic carbocycles. The minimum Gasteiger partial charge on any atom is -0.465 e. The molecule has 0 aliphatic carbocycles. The molecule has 2 N–H and O–H groups in total. The summed E-state index contributed by atoms with van der Waals surface area (Å²) in [5, 5.41) is 17.9. The number of benzene rings is 1. The van der Waals surface area contributed by atoms with Crippen LogP contribution in [0.5, 0.6) is 0 Å². The molecule has 136 valence electrons. The number of hydrogen-bond acceptors (Lipinski definition) is 6. The molecule has 2 aromatic rings. The maximum Gasteiger partial charge on any atom is 0.319 e. The number of hydrogen-bond donors (Lipinski definition) is 2. The highest BCUT2D eigenvalue weighted by molar-refractivity contribution is 5.71. The Morgan fingerprint density at radius 2 is 2.24 bits per heavy atom. The number of rotatable bonds is 8. The Kier molecular flexibility index (Phi) is 6.16. The SMILES string of the molecule is CCOC(=O)CN[C@H](C)[C@](O)(Cn1cncn1)c1ccc(F)cc1F. The topological polar surface area (TPSA) is 89.3 Å². The van der Waals surface area contributed by atoms with Crippen LogP contribution >= 0.6 is 0 Å². The van der Waals surface area contributed by atoms with Gasteiger partial charge in [0.2, 0.25) is 0 Å². The summed E-state index contributed by atoms with van der Waals surface area (Å²) in [5.74, 6) is -2.15. The van der Waals surface area contributed by atoms with E-state index in [-0.39, 0.29) is 25.3 Å². The number of esters is 1. The predicted molar refractivity (Wildman–Crippen MR) is 84.4 cm³/mol. The van der Waals surface area contributed by atoms with Gasteiger partial charge in [-0.05, 0) is 19.9 Å². The second kappa shape index (κ2) is 8.13. The van der Waals surface area contributed by atoms with Crippen LogP contribution in [-0.4, -0.2) is 45.0 Å². The van der Waals surface area contributed by atoms with E-state index < -0.39 is 29.2 Å². The van der Waals surface area contributed by atoms with E-state index in [4.69, 9.17) is 4.74 Å². The Hall–Kier alpha value is -2.39. The summed E-state index contributed by atoms with van der Waals surface area (Å²) in [4.78, 5) is 15.3. The number of aliphatic hydroxyl groups is 1. The molecule has 2 rings (SSSR count). The highest BCUT2D eigenvalue weighted by Gasteiger charge is 2.39. The first kappa shape index (κ1) is 18.9. The van der Waals surface area contributed by atoms with Crippen LogP contribution in [0.2, 0.25) is 0 Å². The molecule has 0 aliphatic rings. The van der Waals surface area contributed by atoms with Gasteiger partial charge in [0.05, 0.1) is 19.7 Å². The normalized spacial score (nSPS) is 14.8. The van der Waals surface area contributed by atoms with E-state index in [1.165, 1.54) is 23.4 Å². The van der Waals surface area contributed by atoms with Gasteiger partial charge in [-0.15, -0.1) is 0 Å². The lowest BCUT2D eigenvalue weighted by atomic mass is 9.86. The summed E-state index contributed by atoms with van der Waals surface area (Å²) in [6.07, 6.45) is 2.64. The summed E-state index contributed by atoms with van der Waals surface area (Å²) >= 11 is 0. The summed E-state index contributed by atoms with van der Waals surface area (Å²) < 4.78 is 33.7. The second-order valence-corrected chi connectivity index (χ2v) is 5.55. The van der Waals surface area contributed by atoms with E-state index in [0.29, 0.717) is 6.07 Å². The molecule has 0 bridgehead atoms. The Labute approximate surface area is 143 Å². The summed E-state index contributed by atoms with van der Waals surface area (Å²) in [6.45, 7) is 3.17. The van der Waals surface area contributed by atoms with Gasteiger partial charge in [-0.1, -0.05) is 6.07 Å². The van der Waals surface area contributed by atoms with Crippen molar-refractivity contribution in [1.82, 2.24) is 20.1 Å². The van der Waals surface area contributed by atoms with Gasteiger partial charge < -0.3 is 15.2 Å². The van der Waals surface area contributed by atoms with Gasteiger partial charge in [0.25, 0.3) is 0 Å². The summed E-state index contributed by atoms with van der Waals surface area (Å²) in [6, 6.07) is 2.15. The van der Waals surface area contributed by atoms with Crippen LogP contribution in [0.4, 0.5) is 8.78 Å². The molecular weight excluding hydrogens is 334 g/mol. The average molecular weight is 354 g/mol. The number of nitrogens with one attached hydrogen (secondary N) is 1. The van der Waals surface area contributed by atoms with Gasteiger partial charge in [-0.25, -0.2) is 18.4 Å². The lowest BCUT2D eigenvalue weighted by Crippen LogP contribution is -2.51. The van der Waals surface area contributed by atoms with Crippen LogP contribution in [0, 0.1) is 11.6 Å². The fourth-order valence-corrected chi connectivity index (χ4v) is 2.47. The Balaban J connectivity index is 2.29. The number of nitrogens with zero attached hydrogens (tertiary/aromatic N) is 3. The number of ether oxygens (including phenoxy) is 1. The molecule has 2 atom stereocenters. The monoisotopic (exact) mass is 354 g/mol. The molecule has 0 aliphatic heterocycles. The molecule has 1 aromatic heterocycles. The molecule has 9 heteroatoms. The first-order chi connectivity index (χ1) is 11.9. The lowest BCUT2D eigenvalue weighted by molar-refractivity contribution is -0.142. The third-order valence-corrected chi connectivity index (χ3v) is 3.84. The zero-order valence-electron chi connectivity index (χ0n) is 13.9. The van der Waals surface area contributed by atoms with Gasteiger partial charge in [0.1, 0.15) is 29.9 Å². The van der Waals surface area contributed by atoms with Crippen LogP contribution in [0.3, 0.4) is 0 Å². The van der Waals surface area contributed by atoms with E-state index in [2.05, 4.69) is 15.4 Å². The van der Waals surface area contributed by atoms with Crippen molar-refractivity contribution in [2.75, 3.05) is 13.2 Å². The highest BCUT2D eigenvalue weighted by Crippen LogP contribution is 2.30. The summed E-state index contributed by atoms with van der Waals surface area (Å²) in [7, 11) is 0. The van der Waals surface area contributed by atoms with Crippen LogP contribution in [-0.2, 0) is 21.7 Å². The highest BCUT2D eigenvalue weighted by atomic mass is 19.1. The van der Waals surface area contributed by atoms with E-state index in [1.807, 2.05) is 0 Å². The van der Waals surface area contributed by atoms with Crippen molar-refractivity contribution in [2.24, 2.45) is 0 Å². The molecule has 1 heterocycles. The van der Waals surface area contributed by atoms with Crippen molar-refractivity contribution in [3.8, 4) is 0 Å². The Morgan fingerprint density at radius 1 is 1.48 bits per heavy atom. The molecule has 0 amide bonds. The molecule has 7 nitrogen and oxygen atoms in total. The number of halogens is 2. The maximum atomic E-state index is 14.3. The molecule has 0 unspecified atom stereocenters. The van der Waals surface area contributed by atoms with Gasteiger partial charge in [0, 0.05) is 17.7 Å². The summed E-state index contributed by atoms with van der Waals surface area (Å²) in [5.41, 5.74) is -1.92. The van der Waals surface area contributed by atoms with E-state index in [9.17, 15) is 18.7 Å². The van der Waals surface area contributed by atoms with Crippen LogP contribution < -0.4 is 5.32 Å². The van der Waals surface area contributed by atoms with Gasteiger partial charge in [-0.3, -0.25) is 4.79 Å². The molecule has 0 spiro atoms. The van der Waals surface area contributed by atoms with Crippen LogP contribution in [0.1, 0.15) is 19.4 Å². The van der Waals surface area contributed by atoms with Crippen molar-refractivity contribution >= 4 is 5.97 Å². The number of carbonyl (C=O) groups is 1. The first-order valence-electron chi connectivity index (χ1n) is 7.76. The average Bonchev–Trinajstić information content (AvgIpc) is 3.05. The lowest BCUT2D eigenvalue weighted by Gasteiger charge is -2.35. The molecule has 0 saturated carbocycles. The van der Waals surface area contributed by atoms with Crippen LogP contribution in [0.25, 0.3) is 0 Å². The van der Waals surface area contributed by atoms with Crippen molar-refractivity contribution in [1.29, 1.82) is 0 Å². The second-order valence-electron chi connectivity index (χ2n) is 5.55. The minimum absolute atomic E-state index is 0.117.